The fourth-order valence-electron chi connectivity index (χ4n) is 1.20. The number of nitrogens with zero attached hydrogens (tertiary/aromatic N) is 1. The number of halogens is 3. The van der Waals surface area contributed by atoms with Crippen LogP contribution in [0, 0.1) is 0 Å². The molecule has 98 valence electrons. The van der Waals surface area contributed by atoms with Crippen molar-refractivity contribution in [2.75, 3.05) is 11.9 Å². The van der Waals surface area contributed by atoms with Crippen LogP contribution in [0.4, 0.5) is 5.13 Å². The summed E-state index contributed by atoms with van der Waals surface area (Å²) in [7, 11) is 0. The minimum absolute atomic E-state index is 0. The Morgan fingerprint density at radius 1 is 1.29 bits per heavy atom. The van der Waals surface area contributed by atoms with Crippen LogP contribution in [0.3, 0.4) is 0 Å². The number of thiazole rings is 1. The summed E-state index contributed by atoms with van der Waals surface area (Å²) in [5.41, 5.74) is 6.69. The first kappa shape index (κ1) is 19.1. The zero-order chi connectivity index (χ0) is 9.97. The average molecular weight is 317 g/mol. The van der Waals surface area contributed by atoms with Crippen molar-refractivity contribution in [2.45, 2.75) is 13.0 Å². The average Bonchev–Trinajstić information content (AvgIpc) is 2.57. The highest BCUT2D eigenvalue weighted by Crippen LogP contribution is 2.24. The highest BCUT2D eigenvalue weighted by atomic mass is 35.5. The smallest absolute Gasteiger partial charge is 0.183 e. The van der Waals surface area contributed by atoms with Crippen LogP contribution in [0.25, 0.3) is 10.2 Å². The van der Waals surface area contributed by atoms with Gasteiger partial charge in [0.15, 0.2) is 5.13 Å². The molecule has 2 rings (SSSR count). The van der Waals surface area contributed by atoms with E-state index < -0.39 is 0 Å². The van der Waals surface area contributed by atoms with Gasteiger partial charge < -0.3 is 11.1 Å². The third kappa shape index (κ3) is 5.27. The van der Waals surface area contributed by atoms with E-state index in [1.807, 2.05) is 25.1 Å². The van der Waals surface area contributed by atoms with Crippen molar-refractivity contribution in [3.8, 4) is 0 Å². The van der Waals surface area contributed by atoms with Crippen molar-refractivity contribution in [1.29, 1.82) is 0 Å². The highest BCUT2D eigenvalue weighted by molar-refractivity contribution is 7.22. The van der Waals surface area contributed by atoms with Crippen LogP contribution >= 0.6 is 48.6 Å². The Bertz CT molecular complexity index is 400. The Labute approximate surface area is 123 Å². The highest BCUT2D eigenvalue weighted by Gasteiger charge is 2.02. The molecule has 3 nitrogen and oxygen atoms in total. The van der Waals surface area contributed by atoms with Crippen LogP contribution in [-0.4, -0.2) is 17.6 Å². The minimum atomic E-state index is 0. The van der Waals surface area contributed by atoms with Crippen LogP contribution in [-0.2, 0) is 0 Å². The van der Waals surface area contributed by atoms with Crippen molar-refractivity contribution in [3.63, 3.8) is 0 Å². The van der Waals surface area contributed by atoms with Crippen LogP contribution < -0.4 is 11.1 Å². The maximum Gasteiger partial charge on any atom is 0.183 e. The molecule has 0 aliphatic heterocycles. The van der Waals surface area contributed by atoms with Crippen molar-refractivity contribution < 1.29 is 0 Å². The summed E-state index contributed by atoms with van der Waals surface area (Å²) in [6.07, 6.45) is 0. The van der Waals surface area contributed by atoms with Crippen LogP contribution in [0.15, 0.2) is 24.3 Å². The van der Waals surface area contributed by atoms with Crippen LogP contribution in [0.1, 0.15) is 6.92 Å². The van der Waals surface area contributed by atoms with Gasteiger partial charge in [-0.3, -0.25) is 0 Å². The van der Waals surface area contributed by atoms with Gasteiger partial charge >= 0.3 is 0 Å². The first-order valence-corrected chi connectivity index (χ1v) is 5.42. The monoisotopic (exact) mass is 315 g/mol. The molecule has 2 aromatic rings. The lowest BCUT2D eigenvalue weighted by atomic mass is 10.3. The number of aromatic nitrogens is 1. The molecule has 0 bridgehead atoms. The summed E-state index contributed by atoms with van der Waals surface area (Å²) < 4.78 is 1.21. The normalized spacial score (nSPS) is 10.7. The van der Waals surface area contributed by atoms with E-state index >= 15 is 0 Å². The summed E-state index contributed by atoms with van der Waals surface area (Å²) >= 11 is 1.66. The largest absolute Gasteiger partial charge is 0.360 e. The summed E-state index contributed by atoms with van der Waals surface area (Å²) in [4.78, 5) is 4.44. The predicted molar refractivity (Wildman–Crippen MR) is 83.5 cm³/mol. The molecule has 0 aliphatic rings. The Morgan fingerprint density at radius 2 is 1.94 bits per heavy atom. The predicted octanol–water partition coefficient (Wildman–Crippen LogP) is 3.32. The van der Waals surface area contributed by atoms with E-state index in [1.54, 1.807) is 11.3 Å². The van der Waals surface area contributed by atoms with Crippen molar-refractivity contribution in [2.24, 2.45) is 5.73 Å². The zero-order valence-electron chi connectivity index (χ0n) is 9.25. The summed E-state index contributed by atoms with van der Waals surface area (Å²) in [5, 5.41) is 4.16. The lowest BCUT2D eigenvalue weighted by molar-refractivity contribution is 0.779. The molecule has 0 fully saturated rings. The molecule has 0 spiro atoms. The number of fused-ring (bicyclic) bond motifs is 1. The fraction of sp³-hybridized carbons (Fsp3) is 0.300. The van der Waals surface area contributed by atoms with Gasteiger partial charge in [0.05, 0.1) is 10.2 Å². The lowest BCUT2D eigenvalue weighted by Crippen LogP contribution is -2.25. The second-order valence-electron chi connectivity index (χ2n) is 3.34. The Kier molecular flexibility index (Phi) is 9.85. The maximum atomic E-state index is 5.65. The topological polar surface area (TPSA) is 50.9 Å². The molecule has 0 unspecified atom stereocenters. The number of nitrogens with one attached hydrogen (secondary N) is 1. The zero-order valence-corrected chi connectivity index (χ0v) is 12.5. The van der Waals surface area contributed by atoms with Gasteiger partial charge in [-0.15, -0.1) is 37.2 Å². The van der Waals surface area contributed by atoms with E-state index in [4.69, 9.17) is 5.73 Å². The van der Waals surface area contributed by atoms with E-state index in [0.717, 1.165) is 17.2 Å². The number of hydrogen-bond donors (Lipinski definition) is 2. The van der Waals surface area contributed by atoms with Crippen LogP contribution in [0.2, 0.25) is 0 Å². The third-order valence-electron chi connectivity index (χ3n) is 1.87. The molecule has 3 N–H and O–H groups in total. The molecule has 0 radical (unpaired) electrons. The minimum Gasteiger partial charge on any atom is -0.360 e. The second kappa shape index (κ2) is 8.78. The standard InChI is InChI=1S/C10H13N3S.3ClH/c1-7(11)6-12-10-13-8-4-2-3-5-9(8)14-10;;;/h2-5,7H,6,11H2,1H3,(H,12,13);3*1H/t7-;;;/m1.../s1. The van der Waals surface area contributed by atoms with Gasteiger partial charge in [-0.25, -0.2) is 4.98 Å². The molecule has 7 heteroatoms. The molecule has 0 amide bonds. The summed E-state index contributed by atoms with van der Waals surface area (Å²) in [6, 6.07) is 8.27. The number of rotatable bonds is 3. The molecular weight excluding hydrogens is 301 g/mol. The van der Waals surface area contributed by atoms with Gasteiger partial charge in [-0.1, -0.05) is 23.5 Å². The third-order valence-corrected chi connectivity index (χ3v) is 2.86. The molecule has 0 saturated carbocycles. The Balaban J connectivity index is 0. The quantitative estimate of drug-likeness (QED) is 0.913. The van der Waals surface area contributed by atoms with E-state index in [9.17, 15) is 0 Å². The van der Waals surface area contributed by atoms with Crippen molar-refractivity contribution in [1.82, 2.24) is 4.98 Å². The molecule has 0 aliphatic carbocycles. The number of anilines is 1. The van der Waals surface area contributed by atoms with Crippen molar-refractivity contribution >= 4 is 63.9 Å². The number of hydrogen-bond acceptors (Lipinski definition) is 4. The van der Waals surface area contributed by atoms with Gasteiger partial charge in [-0.05, 0) is 19.1 Å². The molecule has 1 atom stereocenters. The molecule has 1 aromatic heterocycles. The van der Waals surface area contributed by atoms with E-state index in [1.165, 1.54) is 4.70 Å². The first-order valence-electron chi connectivity index (χ1n) is 4.61. The first-order chi connectivity index (χ1) is 6.75. The number of nitrogens with two attached hydrogens (primary N) is 1. The van der Waals surface area contributed by atoms with Gasteiger partial charge in [0.2, 0.25) is 0 Å². The fourth-order valence-corrected chi connectivity index (χ4v) is 2.07. The van der Waals surface area contributed by atoms with Gasteiger partial charge in [0.1, 0.15) is 0 Å². The van der Waals surface area contributed by atoms with Gasteiger partial charge in [-0.2, -0.15) is 0 Å². The lowest BCUT2D eigenvalue weighted by Gasteiger charge is -2.04. The number of benzene rings is 1. The molecule has 1 aromatic carbocycles. The number of para-hydroxylation sites is 1. The summed E-state index contributed by atoms with van der Waals surface area (Å²) in [5.74, 6) is 0. The molecule has 1 heterocycles. The van der Waals surface area contributed by atoms with Crippen molar-refractivity contribution in [3.05, 3.63) is 24.3 Å². The Hall–Kier alpha value is -0.260. The van der Waals surface area contributed by atoms with Gasteiger partial charge in [0, 0.05) is 12.6 Å². The Morgan fingerprint density at radius 3 is 2.53 bits per heavy atom. The van der Waals surface area contributed by atoms with E-state index in [-0.39, 0.29) is 43.3 Å². The SMILES string of the molecule is C[C@@H](N)CNc1nc2ccccc2s1.Cl.Cl.Cl. The van der Waals surface area contributed by atoms with Crippen LogP contribution in [0.5, 0.6) is 0 Å². The molecule has 17 heavy (non-hydrogen) atoms. The second-order valence-corrected chi connectivity index (χ2v) is 4.38. The molecule has 0 saturated heterocycles. The molecular formula is C10H16Cl3N3S. The van der Waals surface area contributed by atoms with Gasteiger partial charge in [0.25, 0.3) is 0 Å². The maximum absolute atomic E-state index is 5.65. The summed E-state index contributed by atoms with van der Waals surface area (Å²) in [6.45, 7) is 2.74. The van der Waals surface area contributed by atoms with E-state index in [0.29, 0.717) is 0 Å². The van der Waals surface area contributed by atoms with E-state index in [2.05, 4.69) is 16.4 Å².